The molecule has 2 aromatic rings. The van der Waals surface area contributed by atoms with Crippen molar-refractivity contribution in [3.63, 3.8) is 0 Å². The number of amides is 2. The van der Waals surface area contributed by atoms with Crippen LogP contribution in [0.4, 0.5) is 4.79 Å². The lowest BCUT2D eigenvalue weighted by Gasteiger charge is -2.12. The van der Waals surface area contributed by atoms with Gasteiger partial charge in [0, 0.05) is 15.6 Å². The minimum Gasteiger partial charge on any atom is -0.493 e. The van der Waals surface area contributed by atoms with Crippen LogP contribution in [0.25, 0.3) is 6.08 Å². The molecule has 1 saturated heterocycles. The molecule has 1 fully saturated rings. The Morgan fingerprint density at radius 1 is 1.17 bits per heavy atom. The van der Waals surface area contributed by atoms with Crippen LogP contribution in [0.15, 0.2) is 41.3 Å². The van der Waals surface area contributed by atoms with E-state index in [1.807, 2.05) is 0 Å². The largest absolute Gasteiger partial charge is 0.493 e. The van der Waals surface area contributed by atoms with E-state index in [1.54, 1.807) is 42.5 Å². The minimum atomic E-state index is -0.408. The molecule has 0 atom stereocenters. The highest BCUT2D eigenvalue weighted by molar-refractivity contribution is 8.18. The van der Waals surface area contributed by atoms with E-state index in [4.69, 9.17) is 39.1 Å². The van der Waals surface area contributed by atoms with Gasteiger partial charge in [-0.3, -0.25) is 14.5 Å². The molecule has 0 saturated carbocycles. The summed E-state index contributed by atoms with van der Waals surface area (Å²) in [6, 6.07) is 10.4. The van der Waals surface area contributed by atoms with Crippen molar-refractivity contribution in [1.29, 1.82) is 0 Å². The molecule has 2 amide bonds. The van der Waals surface area contributed by atoms with Gasteiger partial charge in [-0.1, -0.05) is 41.3 Å². The number of nitrogens with zero attached hydrogens (tertiary/aromatic N) is 1. The summed E-state index contributed by atoms with van der Waals surface area (Å²) in [6.45, 7) is 0.183. The van der Waals surface area contributed by atoms with Crippen LogP contribution < -0.4 is 9.47 Å². The molecular formula is C21H15Cl2NO4S. The number of hydrogen-bond donors (Lipinski definition) is 0. The normalized spacial score (nSPS) is 15.0. The van der Waals surface area contributed by atoms with Crippen LogP contribution in [0.5, 0.6) is 11.5 Å². The molecule has 1 aliphatic rings. The smallest absolute Gasteiger partial charge is 0.294 e. The first kappa shape index (κ1) is 21.1. The van der Waals surface area contributed by atoms with Gasteiger partial charge in [0.2, 0.25) is 0 Å². The van der Waals surface area contributed by atoms with Gasteiger partial charge in [0.15, 0.2) is 11.5 Å². The Morgan fingerprint density at radius 3 is 2.66 bits per heavy atom. The summed E-state index contributed by atoms with van der Waals surface area (Å²) in [5.74, 6) is 2.89. The summed E-state index contributed by atoms with van der Waals surface area (Å²) in [5, 5.41) is 0.675. The minimum absolute atomic E-state index is 0.0502. The lowest BCUT2D eigenvalue weighted by molar-refractivity contribution is -0.122. The number of carbonyl (C=O) groups is 2. The Labute approximate surface area is 182 Å². The van der Waals surface area contributed by atoms with E-state index >= 15 is 0 Å². The standard InChI is InChI=1S/C21H15Cl2NO4S/c1-3-8-24-20(25)19(29-21(24)26)10-13-4-7-17(18(9-13)27-2)28-12-14-5-6-15(22)11-16(14)23/h1,4-7,9-11H,8,12H2,2H3/b19-10+. The average Bonchev–Trinajstić information content (AvgIpc) is 2.95. The van der Waals surface area contributed by atoms with Gasteiger partial charge in [0.05, 0.1) is 18.6 Å². The van der Waals surface area contributed by atoms with Gasteiger partial charge in [-0.2, -0.15) is 0 Å². The van der Waals surface area contributed by atoms with Crippen molar-refractivity contribution in [3.05, 3.63) is 62.5 Å². The number of terminal acetylenes is 1. The first-order valence-electron chi connectivity index (χ1n) is 8.36. The van der Waals surface area contributed by atoms with Gasteiger partial charge >= 0.3 is 0 Å². The van der Waals surface area contributed by atoms with Gasteiger partial charge in [0.25, 0.3) is 11.1 Å². The lowest BCUT2D eigenvalue weighted by Crippen LogP contribution is -2.28. The number of benzene rings is 2. The monoisotopic (exact) mass is 447 g/mol. The predicted octanol–water partition coefficient (Wildman–Crippen LogP) is 5.25. The molecule has 0 aliphatic carbocycles. The Bertz CT molecular complexity index is 1050. The quantitative estimate of drug-likeness (QED) is 0.446. The second-order valence-corrected chi connectivity index (χ2v) is 7.74. The molecule has 1 aliphatic heterocycles. The van der Waals surface area contributed by atoms with E-state index < -0.39 is 5.91 Å². The highest BCUT2D eigenvalue weighted by atomic mass is 35.5. The van der Waals surface area contributed by atoms with Crippen molar-refractivity contribution in [1.82, 2.24) is 4.90 Å². The molecule has 148 valence electrons. The third kappa shape index (κ3) is 4.88. The van der Waals surface area contributed by atoms with E-state index in [2.05, 4.69) is 5.92 Å². The third-order valence-corrected chi connectivity index (χ3v) is 5.50. The van der Waals surface area contributed by atoms with Gasteiger partial charge in [-0.05, 0) is 47.7 Å². The number of rotatable bonds is 6. The van der Waals surface area contributed by atoms with E-state index in [1.165, 1.54) is 7.11 Å². The number of methoxy groups -OCH3 is 1. The topological polar surface area (TPSA) is 55.8 Å². The molecule has 3 rings (SSSR count). The Kier molecular flexibility index (Phi) is 6.75. The second-order valence-electron chi connectivity index (χ2n) is 5.91. The van der Waals surface area contributed by atoms with Gasteiger partial charge < -0.3 is 9.47 Å². The molecule has 8 heteroatoms. The van der Waals surface area contributed by atoms with Crippen LogP contribution in [0.3, 0.4) is 0 Å². The zero-order valence-electron chi connectivity index (χ0n) is 15.3. The van der Waals surface area contributed by atoms with E-state index in [-0.39, 0.29) is 18.4 Å². The maximum absolute atomic E-state index is 12.3. The van der Waals surface area contributed by atoms with Crippen LogP contribution in [0.2, 0.25) is 10.0 Å². The van der Waals surface area contributed by atoms with Gasteiger partial charge in [0.1, 0.15) is 6.61 Å². The van der Waals surface area contributed by atoms with Crippen molar-refractivity contribution >= 4 is 52.2 Å². The van der Waals surface area contributed by atoms with Gasteiger partial charge in [-0.25, -0.2) is 0 Å². The third-order valence-electron chi connectivity index (χ3n) is 4.01. The van der Waals surface area contributed by atoms with Crippen molar-refractivity contribution in [3.8, 4) is 23.8 Å². The molecule has 0 spiro atoms. The molecule has 0 radical (unpaired) electrons. The van der Waals surface area contributed by atoms with Crippen molar-refractivity contribution in [2.24, 2.45) is 0 Å². The van der Waals surface area contributed by atoms with Crippen LogP contribution >= 0.6 is 35.0 Å². The average molecular weight is 448 g/mol. The summed E-state index contributed by atoms with van der Waals surface area (Å²) in [6.07, 6.45) is 6.82. The number of imide groups is 1. The molecule has 5 nitrogen and oxygen atoms in total. The van der Waals surface area contributed by atoms with Crippen molar-refractivity contribution in [2.75, 3.05) is 13.7 Å². The second kappa shape index (κ2) is 9.27. The van der Waals surface area contributed by atoms with Crippen molar-refractivity contribution < 1.29 is 19.1 Å². The van der Waals surface area contributed by atoms with Gasteiger partial charge in [-0.15, -0.1) is 6.42 Å². The number of hydrogen-bond acceptors (Lipinski definition) is 5. The highest BCUT2D eigenvalue weighted by Gasteiger charge is 2.34. The van der Waals surface area contributed by atoms with Crippen LogP contribution in [0.1, 0.15) is 11.1 Å². The number of ether oxygens (including phenoxy) is 2. The molecule has 1 heterocycles. The van der Waals surface area contributed by atoms with E-state index in [0.29, 0.717) is 32.0 Å². The zero-order chi connectivity index (χ0) is 21.0. The summed E-state index contributed by atoms with van der Waals surface area (Å²) in [5.41, 5.74) is 1.47. The number of carbonyl (C=O) groups excluding carboxylic acids is 2. The first-order valence-corrected chi connectivity index (χ1v) is 9.93. The highest BCUT2D eigenvalue weighted by Crippen LogP contribution is 2.35. The molecule has 0 bridgehead atoms. The molecule has 0 aromatic heterocycles. The SMILES string of the molecule is C#CCN1C(=O)S/C(=C/c2ccc(OCc3ccc(Cl)cc3Cl)c(OC)c2)C1=O. The molecule has 0 N–H and O–H groups in total. The maximum Gasteiger partial charge on any atom is 0.294 e. The summed E-state index contributed by atoms with van der Waals surface area (Å²) >= 11 is 12.9. The maximum atomic E-state index is 12.3. The summed E-state index contributed by atoms with van der Waals surface area (Å²) < 4.78 is 11.2. The van der Waals surface area contributed by atoms with Crippen LogP contribution in [-0.2, 0) is 11.4 Å². The summed E-state index contributed by atoms with van der Waals surface area (Å²) in [7, 11) is 1.52. The fourth-order valence-corrected chi connectivity index (χ4v) is 3.87. The number of halogens is 2. The molecule has 29 heavy (non-hydrogen) atoms. The fourth-order valence-electron chi connectivity index (χ4n) is 2.57. The molecular weight excluding hydrogens is 433 g/mol. The molecule has 2 aromatic carbocycles. The first-order chi connectivity index (χ1) is 13.9. The summed E-state index contributed by atoms with van der Waals surface area (Å²) in [4.78, 5) is 25.5. The van der Waals surface area contributed by atoms with Crippen LogP contribution in [0, 0.1) is 12.3 Å². The van der Waals surface area contributed by atoms with Crippen LogP contribution in [-0.4, -0.2) is 29.7 Å². The van der Waals surface area contributed by atoms with E-state index in [9.17, 15) is 9.59 Å². The number of thioether (sulfide) groups is 1. The van der Waals surface area contributed by atoms with Crippen molar-refractivity contribution in [2.45, 2.75) is 6.61 Å². The predicted molar refractivity (Wildman–Crippen MR) is 115 cm³/mol. The van der Waals surface area contributed by atoms with E-state index in [0.717, 1.165) is 22.2 Å². The Morgan fingerprint density at radius 2 is 1.97 bits per heavy atom. The lowest BCUT2D eigenvalue weighted by atomic mass is 10.1. The molecule has 0 unspecified atom stereocenters. The Balaban J connectivity index is 1.78. The Hall–Kier alpha value is -2.59. The zero-order valence-corrected chi connectivity index (χ0v) is 17.6. The fraction of sp³-hybridized carbons (Fsp3) is 0.143.